The van der Waals surface area contributed by atoms with Gasteiger partial charge in [0, 0.05) is 18.9 Å². The van der Waals surface area contributed by atoms with Crippen LogP contribution in [-0.4, -0.2) is 35.4 Å². The van der Waals surface area contributed by atoms with Crippen LogP contribution >= 0.6 is 0 Å². The molecule has 0 spiro atoms. The molecule has 1 amide bonds. The van der Waals surface area contributed by atoms with Crippen LogP contribution in [-0.2, 0) is 9.53 Å². The lowest BCUT2D eigenvalue weighted by molar-refractivity contribution is -0.140. The van der Waals surface area contributed by atoms with Gasteiger partial charge in [0.05, 0.1) is 12.2 Å². The average Bonchev–Trinajstić information content (AvgIpc) is 2.70. The molecule has 66 valence electrons. The summed E-state index contributed by atoms with van der Waals surface area (Å²) in [5.74, 6) is -0.129. The van der Waals surface area contributed by atoms with E-state index in [2.05, 4.69) is 5.32 Å². The summed E-state index contributed by atoms with van der Waals surface area (Å²) in [6.07, 6.45) is 1.80. The number of nitrogens with one attached hydrogen (secondary N) is 1. The van der Waals surface area contributed by atoms with Crippen molar-refractivity contribution in [3.63, 3.8) is 0 Å². The summed E-state index contributed by atoms with van der Waals surface area (Å²) in [7, 11) is 0. The first-order valence-electron chi connectivity index (χ1n) is 4.36. The third-order valence-electron chi connectivity index (χ3n) is 3.29. The molecular weight excluding hydrogens is 158 g/mol. The van der Waals surface area contributed by atoms with Crippen molar-refractivity contribution in [2.24, 2.45) is 5.92 Å². The van der Waals surface area contributed by atoms with Crippen LogP contribution in [0.5, 0.6) is 0 Å². The highest BCUT2D eigenvalue weighted by Gasteiger charge is 2.60. The van der Waals surface area contributed by atoms with Crippen molar-refractivity contribution in [2.45, 2.75) is 30.7 Å². The van der Waals surface area contributed by atoms with Gasteiger partial charge in [-0.25, -0.2) is 0 Å². The third-order valence-corrected chi connectivity index (χ3v) is 3.29. The second-order valence-electron chi connectivity index (χ2n) is 3.98. The van der Waals surface area contributed by atoms with Crippen molar-refractivity contribution >= 4 is 5.91 Å². The normalized spacial score (nSPS) is 55.8. The minimum Gasteiger partial charge on any atom is -0.380 e. The van der Waals surface area contributed by atoms with Crippen LogP contribution in [0.4, 0.5) is 0 Å². The molecule has 1 aliphatic carbocycles. The first kappa shape index (κ1) is 6.86. The Morgan fingerprint density at radius 2 is 2.42 bits per heavy atom. The molecule has 0 radical (unpaired) electrons. The summed E-state index contributed by atoms with van der Waals surface area (Å²) in [5.41, 5.74) is -1.11. The Hall–Kier alpha value is -0.610. The topological polar surface area (TPSA) is 61.9 Å². The molecule has 1 saturated carbocycles. The van der Waals surface area contributed by atoms with Crippen molar-refractivity contribution in [3.8, 4) is 0 Å². The van der Waals surface area contributed by atoms with Crippen LogP contribution < -0.4 is 5.32 Å². The van der Waals surface area contributed by atoms with Gasteiger partial charge in [-0.2, -0.15) is 0 Å². The maximum absolute atomic E-state index is 11.3. The summed E-state index contributed by atoms with van der Waals surface area (Å²) >= 11 is 0. The number of hydrogen-bond donors (Lipinski definition) is 2. The number of carbonyl (C=O) groups is 1. The Morgan fingerprint density at radius 1 is 1.58 bits per heavy atom. The molecule has 4 unspecified atom stereocenters. The molecule has 0 aromatic carbocycles. The smallest absolute Gasteiger partial charge is 0.252 e. The largest absolute Gasteiger partial charge is 0.380 e. The SMILES string of the molecule is O=C1NCC2CC3OC3CC12O. The molecule has 4 atom stereocenters. The maximum atomic E-state index is 11.3. The average molecular weight is 169 g/mol. The molecule has 4 heteroatoms. The van der Waals surface area contributed by atoms with E-state index in [0.717, 1.165) is 6.42 Å². The fourth-order valence-corrected chi connectivity index (χ4v) is 2.41. The number of fused-ring (bicyclic) bond motifs is 2. The van der Waals surface area contributed by atoms with E-state index in [4.69, 9.17) is 4.74 Å². The summed E-state index contributed by atoms with van der Waals surface area (Å²) in [5, 5.41) is 12.7. The predicted molar refractivity (Wildman–Crippen MR) is 39.3 cm³/mol. The number of carbonyl (C=O) groups excluding carboxylic acids is 1. The van der Waals surface area contributed by atoms with Crippen molar-refractivity contribution < 1.29 is 14.6 Å². The van der Waals surface area contributed by atoms with Crippen molar-refractivity contribution in [3.05, 3.63) is 0 Å². The first-order chi connectivity index (χ1) is 5.70. The van der Waals surface area contributed by atoms with Crippen molar-refractivity contribution in [1.82, 2.24) is 5.32 Å². The van der Waals surface area contributed by atoms with Gasteiger partial charge < -0.3 is 15.2 Å². The molecule has 3 rings (SSSR count). The molecule has 2 saturated heterocycles. The highest BCUT2D eigenvalue weighted by Crippen LogP contribution is 2.46. The highest BCUT2D eigenvalue weighted by atomic mass is 16.6. The quantitative estimate of drug-likeness (QED) is 0.458. The zero-order valence-electron chi connectivity index (χ0n) is 6.62. The van der Waals surface area contributed by atoms with Crippen LogP contribution in [0.3, 0.4) is 0 Å². The van der Waals surface area contributed by atoms with Gasteiger partial charge in [0.1, 0.15) is 5.60 Å². The number of aliphatic hydroxyl groups is 1. The van der Waals surface area contributed by atoms with Gasteiger partial charge in [-0.3, -0.25) is 4.79 Å². The summed E-state index contributed by atoms with van der Waals surface area (Å²) in [6, 6.07) is 0. The summed E-state index contributed by atoms with van der Waals surface area (Å²) < 4.78 is 5.29. The van der Waals surface area contributed by atoms with Crippen LogP contribution in [0.2, 0.25) is 0 Å². The van der Waals surface area contributed by atoms with Crippen LogP contribution in [0, 0.1) is 5.92 Å². The van der Waals surface area contributed by atoms with Gasteiger partial charge in [0.15, 0.2) is 0 Å². The minimum atomic E-state index is -1.11. The zero-order valence-corrected chi connectivity index (χ0v) is 6.62. The van der Waals surface area contributed by atoms with Crippen molar-refractivity contribution in [2.75, 3.05) is 6.54 Å². The zero-order chi connectivity index (χ0) is 8.34. The van der Waals surface area contributed by atoms with Crippen LogP contribution in [0.15, 0.2) is 0 Å². The molecule has 0 bridgehead atoms. The van der Waals surface area contributed by atoms with E-state index in [-0.39, 0.29) is 17.9 Å². The number of epoxide rings is 1. The number of hydrogen-bond acceptors (Lipinski definition) is 3. The van der Waals surface area contributed by atoms with E-state index in [1.54, 1.807) is 0 Å². The lowest BCUT2D eigenvalue weighted by atomic mass is 9.77. The molecule has 3 aliphatic rings. The molecule has 0 aromatic heterocycles. The minimum absolute atomic E-state index is 0.0775. The van der Waals surface area contributed by atoms with Gasteiger partial charge in [0.2, 0.25) is 0 Å². The molecule has 2 N–H and O–H groups in total. The maximum Gasteiger partial charge on any atom is 0.252 e. The number of ether oxygens (including phenoxy) is 1. The Morgan fingerprint density at radius 3 is 3.25 bits per heavy atom. The lowest BCUT2D eigenvalue weighted by Gasteiger charge is -2.28. The van der Waals surface area contributed by atoms with Crippen LogP contribution in [0.1, 0.15) is 12.8 Å². The highest BCUT2D eigenvalue weighted by molar-refractivity contribution is 5.88. The molecule has 2 heterocycles. The fourth-order valence-electron chi connectivity index (χ4n) is 2.41. The van der Waals surface area contributed by atoms with Crippen molar-refractivity contribution in [1.29, 1.82) is 0 Å². The molecule has 12 heavy (non-hydrogen) atoms. The van der Waals surface area contributed by atoms with Gasteiger partial charge in [0.25, 0.3) is 5.91 Å². The predicted octanol–water partition coefficient (Wildman–Crippen LogP) is -0.975. The van der Waals surface area contributed by atoms with Crippen LogP contribution in [0.25, 0.3) is 0 Å². The molecule has 0 aromatic rings. The molecule has 3 fully saturated rings. The van der Waals surface area contributed by atoms with E-state index in [1.165, 1.54) is 0 Å². The number of rotatable bonds is 0. The second kappa shape index (κ2) is 1.83. The Balaban J connectivity index is 1.93. The monoisotopic (exact) mass is 169 g/mol. The van der Waals surface area contributed by atoms with E-state index >= 15 is 0 Å². The Labute approximate surface area is 69.9 Å². The van der Waals surface area contributed by atoms with E-state index < -0.39 is 5.60 Å². The van der Waals surface area contributed by atoms with E-state index in [1.807, 2.05) is 0 Å². The van der Waals surface area contributed by atoms with Gasteiger partial charge >= 0.3 is 0 Å². The molecular formula is C8H11NO3. The second-order valence-corrected chi connectivity index (χ2v) is 3.98. The Bertz CT molecular complexity index is 255. The van der Waals surface area contributed by atoms with E-state index in [0.29, 0.717) is 19.1 Å². The lowest BCUT2D eigenvalue weighted by Crippen LogP contribution is -2.46. The van der Waals surface area contributed by atoms with Gasteiger partial charge in [-0.05, 0) is 6.42 Å². The van der Waals surface area contributed by atoms with Gasteiger partial charge in [-0.1, -0.05) is 0 Å². The first-order valence-corrected chi connectivity index (χ1v) is 4.36. The molecule has 4 nitrogen and oxygen atoms in total. The Kier molecular flexibility index (Phi) is 1.04. The third kappa shape index (κ3) is 0.671. The fraction of sp³-hybridized carbons (Fsp3) is 0.875. The standard InChI is InChI=1S/C8H11NO3/c10-7-8(11)2-6-5(12-6)1-4(8)3-9-7/h4-6,11H,1-3H2,(H,9,10). The summed E-state index contributed by atoms with van der Waals surface area (Å²) in [4.78, 5) is 11.3. The molecule has 2 aliphatic heterocycles. The summed E-state index contributed by atoms with van der Waals surface area (Å²) in [6.45, 7) is 0.613. The van der Waals surface area contributed by atoms with E-state index in [9.17, 15) is 9.90 Å². The number of amides is 1. The van der Waals surface area contributed by atoms with Gasteiger partial charge in [-0.15, -0.1) is 0 Å².